The summed E-state index contributed by atoms with van der Waals surface area (Å²) >= 11 is 0. The zero-order valence-electron chi connectivity index (χ0n) is 7.08. The molecule has 1 heterocycles. The van der Waals surface area contributed by atoms with Crippen LogP contribution in [0.3, 0.4) is 0 Å². The number of ether oxygens (including phenoxy) is 1. The van der Waals surface area contributed by atoms with E-state index in [9.17, 15) is 0 Å². The summed E-state index contributed by atoms with van der Waals surface area (Å²) in [6.45, 7) is 1.84. The molecule has 1 saturated heterocycles. The molecular weight excluding hydrogens is 140 g/mol. The van der Waals surface area contributed by atoms with Crippen molar-refractivity contribution in [3.05, 3.63) is 0 Å². The summed E-state index contributed by atoms with van der Waals surface area (Å²) in [5.41, 5.74) is 0. The van der Waals surface area contributed by atoms with Crippen LogP contribution in [-0.4, -0.2) is 38.3 Å². The second kappa shape index (κ2) is 3.70. The average Bonchev–Trinajstić information content (AvgIpc) is 2.03. The fraction of sp³-hybridized carbons (Fsp3) is 0.875. The highest BCUT2D eigenvalue weighted by atomic mass is 16.5. The Hall–Kier alpha value is -0.590. The zero-order chi connectivity index (χ0) is 8.27. The molecule has 11 heavy (non-hydrogen) atoms. The summed E-state index contributed by atoms with van der Waals surface area (Å²) in [7, 11) is 3.73. The van der Waals surface area contributed by atoms with Crippen molar-refractivity contribution in [3.63, 3.8) is 0 Å². The van der Waals surface area contributed by atoms with Gasteiger partial charge in [0.1, 0.15) is 0 Å². The Kier molecular flexibility index (Phi) is 2.86. The maximum atomic E-state index is 8.69. The topological polar surface area (TPSA) is 36.3 Å². The number of nitriles is 1. The lowest BCUT2D eigenvalue weighted by Crippen LogP contribution is -2.41. The van der Waals surface area contributed by atoms with Crippen LogP contribution in [0.4, 0.5) is 0 Å². The zero-order valence-corrected chi connectivity index (χ0v) is 7.08. The molecular formula is C8H14N2O. The van der Waals surface area contributed by atoms with Gasteiger partial charge in [-0.05, 0) is 13.5 Å². The third-order valence-corrected chi connectivity index (χ3v) is 2.11. The predicted molar refractivity (Wildman–Crippen MR) is 42.0 cm³/mol. The molecule has 0 aliphatic carbocycles. The summed E-state index contributed by atoms with van der Waals surface area (Å²) in [5.74, 6) is 0.152. The van der Waals surface area contributed by atoms with Crippen LogP contribution in [0.25, 0.3) is 0 Å². The molecule has 2 atom stereocenters. The van der Waals surface area contributed by atoms with Crippen molar-refractivity contribution in [1.29, 1.82) is 5.26 Å². The van der Waals surface area contributed by atoms with Crippen molar-refractivity contribution < 1.29 is 4.74 Å². The van der Waals surface area contributed by atoms with Crippen LogP contribution in [0, 0.1) is 17.2 Å². The van der Waals surface area contributed by atoms with Gasteiger partial charge in [0.25, 0.3) is 0 Å². The molecule has 2 unspecified atom stereocenters. The summed E-state index contributed by atoms with van der Waals surface area (Å²) in [5, 5.41) is 8.69. The fourth-order valence-corrected chi connectivity index (χ4v) is 1.53. The molecule has 1 rings (SSSR count). The van der Waals surface area contributed by atoms with E-state index in [0.717, 1.165) is 19.5 Å². The number of methoxy groups -OCH3 is 1. The molecule has 0 N–H and O–H groups in total. The number of rotatable bonds is 1. The van der Waals surface area contributed by atoms with Gasteiger partial charge in [-0.3, -0.25) is 0 Å². The highest BCUT2D eigenvalue weighted by Gasteiger charge is 2.24. The third-order valence-electron chi connectivity index (χ3n) is 2.11. The molecule has 0 spiro atoms. The first-order chi connectivity index (χ1) is 5.26. The SMILES string of the molecule is COC1CC(C#N)CN(C)C1. The highest BCUT2D eigenvalue weighted by molar-refractivity contribution is 4.90. The molecule has 0 aromatic carbocycles. The molecule has 3 nitrogen and oxygen atoms in total. The molecule has 0 aromatic rings. The molecule has 0 saturated carbocycles. The van der Waals surface area contributed by atoms with Gasteiger partial charge in [0.2, 0.25) is 0 Å². The van der Waals surface area contributed by atoms with Gasteiger partial charge >= 0.3 is 0 Å². The Bertz CT molecular complexity index is 164. The first kappa shape index (κ1) is 8.51. The predicted octanol–water partition coefficient (Wildman–Crippen LogP) is 0.477. The van der Waals surface area contributed by atoms with Crippen LogP contribution in [0.15, 0.2) is 0 Å². The molecule has 0 aromatic heterocycles. The van der Waals surface area contributed by atoms with Gasteiger partial charge in [-0.15, -0.1) is 0 Å². The van der Waals surface area contributed by atoms with Gasteiger partial charge in [0.15, 0.2) is 0 Å². The van der Waals surface area contributed by atoms with Crippen molar-refractivity contribution >= 4 is 0 Å². The molecule has 0 bridgehead atoms. The lowest BCUT2D eigenvalue weighted by atomic mass is 9.98. The third kappa shape index (κ3) is 2.18. The number of likely N-dealkylation sites (tertiary alicyclic amines) is 1. The van der Waals surface area contributed by atoms with E-state index in [-0.39, 0.29) is 12.0 Å². The molecule has 3 heteroatoms. The number of likely N-dealkylation sites (N-methyl/N-ethyl adjacent to an activating group) is 1. The van der Waals surface area contributed by atoms with Crippen molar-refractivity contribution in [2.75, 3.05) is 27.2 Å². The van der Waals surface area contributed by atoms with Crippen LogP contribution < -0.4 is 0 Å². The standard InChI is InChI=1S/C8H14N2O/c1-10-5-7(4-9)3-8(6-10)11-2/h7-8H,3,5-6H2,1-2H3. The van der Waals surface area contributed by atoms with E-state index in [4.69, 9.17) is 10.00 Å². The van der Waals surface area contributed by atoms with E-state index in [1.165, 1.54) is 0 Å². The summed E-state index contributed by atoms with van der Waals surface area (Å²) in [6, 6.07) is 2.28. The molecule has 0 amide bonds. The lowest BCUT2D eigenvalue weighted by molar-refractivity contribution is 0.0276. The van der Waals surface area contributed by atoms with E-state index < -0.39 is 0 Å². The van der Waals surface area contributed by atoms with Crippen LogP contribution >= 0.6 is 0 Å². The quantitative estimate of drug-likeness (QED) is 0.551. The van der Waals surface area contributed by atoms with Crippen molar-refractivity contribution in [2.45, 2.75) is 12.5 Å². The van der Waals surface area contributed by atoms with Crippen LogP contribution in [-0.2, 0) is 4.74 Å². The number of hydrogen-bond donors (Lipinski definition) is 0. The van der Waals surface area contributed by atoms with Crippen LogP contribution in [0.2, 0.25) is 0 Å². The van der Waals surface area contributed by atoms with Gasteiger partial charge < -0.3 is 9.64 Å². The van der Waals surface area contributed by atoms with Crippen molar-refractivity contribution in [2.24, 2.45) is 5.92 Å². The summed E-state index contributed by atoms with van der Waals surface area (Å²) in [4.78, 5) is 2.14. The van der Waals surface area contributed by atoms with E-state index >= 15 is 0 Å². The second-order valence-corrected chi connectivity index (χ2v) is 3.14. The van der Waals surface area contributed by atoms with Gasteiger partial charge in [0.05, 0.1) is 18.1 Å². The minimum Gasteiger partial charge on any atom is -0.380 e. The van der Waals surface area contributed by atoms with E-state index in [0.29, 0.717) is 0 Å². The van der Waals surface area contributed by atoms with Gasteiger partial charge in [-0.1, -0.05) is 0 Å². The maximum absolute atomic E-state index is 8.69. The van der Waals surface area contributed by atoms with Gasteiger partial charge in [-0.2, -0.15) is 5.26 Å². The number of nitrogens with zero attached hydrogens (tertiary/aromatic N) is 2. The number of hydrogen-bond acceptors (Lipinski definition) is 3. The monoisotopic (exact) mass is 154 g/mol. The van der Waals surface area contributed by atoms with E-state index in [1.54, 1.807) is 7.11 Å². The van der Waals surface area contributed by atoms with Gasteiger partial charge in [0, 0.05) is 20.2 Å². The minimum atomic E-state index is 0.152. The molecule has 1 fully saturated rings. The average molecular weight is 154 g/mol. The van der Waals surface area contributed by atoms with Crippen LogP contribution in [0.5, 0.6) is 0 Å². The Labute approximate surface area is 67.6 Å². The number of piperidine rings is 1. The first-order valence-electron chi connectivity index (χ1n) is 3.87. The lowest BCUT2D eigenvalue weighted by Gasteiger charge is -2.31. The Morgan fingerprint density at radius 2 is 2.27 bits per heavy atom. The Balaban J connectivity index is 2.45. The first-order valence-corrected chi connectivity index (χ1v) is 3.87. The van der Waals surface area contributed by atoms with Crippen molar-refractivity contribution in [3.8, 4) is 6.07 Å². The molecule has 1 aliphatic rings. The largest absolute Gasteiger partial charge is 0.380 e. The summed E-state index contributed by atoms with van der Waals surface area (Å²) < 4.78 is 5.20. The van der Waals surface area contributed by atoms with E-state index in [2.05, 4.69) is 11.0 Å². The smallest absolute Gasteiger partial charge is 0.0711 e. The second-order valence-electron chi connectivity index (χ2n) is 3.14. The molecule has 0 radical (unpaired) electrons. The summed E-state index contributed by atoms with van der Waals surface area (Å²) in [6.07, 6.45) is 1.13. The molecule has 1 aliphatic heterocycles. The van der Waals surface area contributed by atoms with Crippen molar-refractivity contribution in [1.82, 2.24) is 4.90 Å². The fourth-order valence-electron chi connectivity index (χ4n) is 1.53. The van der Waals surface area contributed by atoms with E-state index in [1.807, 2.05) is 7.05 Å². The van der Waals surface area contributed by atoms with Gasteiger partial charge in [-0.25, -0.2) is 0 Å². The Morgan fingerprint density at radius 1 is 1.55 bits per heavy atom. The minimum absolute atomic E-state index is 0.152. The normalized spacial score (nSPS) is 33.2. The Morgan fingerprint density at radius 3 is 2.82 bits per heavy atom. The van der Waals surface area contributed by atoms with Crippen LogP contribution in [0.1, 0.15) is 6.42 Å². The molecule has 62 valence electrons. The maximum Gasteiger partial charge on any atom is 0.0711 e. The highest BCUT2D eigenvalue weighted by Crippen LogP contribution is 2.16.